The number of nitrogens with one attached hydrogen (secondary N) is 1. The van der Waals surface area contributed by atoms with Gasteiger partial charge in [-0.05, 0) is 63.3 Å². The molecule has 2 aliphatic rings. The third-order valence-corrected chi connectivity index (χ3v) is 6.35. The van der Waals surface area contributed by atoms with Gasteiger partial charge < -0.3 is 10.1 Å². The summed E-state index contributed by atoms with van der Waals surface area (Å²) in [4.78, 5) is 19.9. The van der Waals surface area contributed by atoms with Crippen molar-refractivity contribution in [3.8, 4) is 5.75 Å². The van der Waals surface area contributed by atoms with Crippen molar-refractivity contribution >= 4 is 5.91 Å². The summed E-state index contributed by atoms with van der Waals surface area (Å²) in [6.07, 6.45) is 8.74. The number of ether oxygens (including phenoxy) is 1. The van der Waals surface area contributed by atoms with Crippen molar-refractivity contribution < 1.29 is 9.53 Å². The lowest BCUT2D eigenvalue weighted by Gasteiger charge is -2.41. The first kappa shape index (κ1) is 19.9. The standard InChI is InChI=1S/C24H31N3O2/c1-25-23(28)24(22-13-6-7-15-26-22)14-8-16-27(18-24)17-19-9-2-5-12-21(19)29-20-10-3-4-11-20/h2,5-7,9,12-13,15,20H,3-4,8,10-11,14,16-18H2,1H3,(H,25,28)/t24-/m0/s1. The fourth-order valence-corrected chi connectivity index (χ4v) is 4.85. The van der Waals surface area contributed by atoms with Gasteiger partial charge in [0.2, 0.25) is 5.91 Å². The molecular weight excluding hydrogens is 362 g/mol. The average molecular weight is 394 g/mol. The molecule has 0 unspecified atom stereocenters. The lowest BCUT2D eigenvalue weighted by atomic mass is 9.75. The average Bonchev–Trinajstić information content (AvgIpc) is 3.28. The van der Waals surface area contributed by atoms with Gasteiger partial charge in [-0.2, -0.15) is 0 Å². The molecule has 1 aromatic carbocycles. The number of nitrogens with zero attached hydrogens (tertiary/aromatic N) is 2. The summed E-state index contributed by atoms with van der Waals surface area (Å²) in [6.45, 7) is 2.43. The molecule has 1 amide bonds. The SMILES string of the molecule is CNC(=O)[C@@]1(c2ccccn2)CCCN(Cc2ccccc2OC2CCCC2)C1. The van der Waals surface area contributed by atoms with E-state index in [1.165, 1.54) is 18.4 Å². The van der Waals surface area contributed by atoms with Gasteiger partial charge >= 0.3 is 0 Å². The minimum Gasteiger partial charge on any atom is -0.490 e. The maximum Gasteiger partial charge on any atom is 0.233 e. The number of carbonyl (C=O) groups is 1. The van der Waals surface area contributed by atoms with E-state index in [0.29, 0.717) is 12.6 Å². The highest BCUT2D eigenvalue weighted by Gasteiger charge is 2.44. The van der Waals surface area contributed by atoms with E-state index >= 15 is 0 Å². The first-order chi connectivity index (χ1) is 14.2. The molecule has 1 saturated heterocycles. The van der Waals surface area contributed by atoms with Crippen molar-refractivity contribution in [1.29, 1.82) is 0 Å². The van der Waals surface area contributed by atoms with Crippen molar-refractivity contribution in [3.05, 3.63) is 59.9 Å². The Balaban J connectivity index is 1.55. The van der Waals surface area contributed by atoms with Gasteiger partial charge in [-0.1, -0.05) is 24.3 Å². The molecule has 2 heterocycles. The van der Waals surface area contributed by atoms with E-state index in [0.717, 1.165) is 50.2 Å². The van der Waals surface area contributed by atoms with Crippen molar-refractivity contribution in [2.24, 2.45) is 0 Å². The Morgan fingerprint density at radius 2 is 1.97 bits per heavy atom. The zero-order valence-electron chi connectivity index (χ0n) is 17.3. The number of piperidine rings is 1. The molecule has 0 bridgehead atoms. The minimum atomic E-state index is -0.602. The Bertz CT molecular complexity index is 820. The van der Waals surface area contributed by atoms with E-state index in [1.807, 2.05) is 24.3 Å². The number of likely N-dealkylation sites (tertiary alicyclic amines) is 1. The second kappa shape index (κ2) is 8.95. The number of carbonyl (C=O) groups excluding carboxylic acids is 1. The fourth-order valence-electron chi connectivity index (χ4n) is 4.85. The van der Waals surface area contributed by atoms with Gasteiger partial charge in [-0.15, -0.1) is 0 Å². The predicted molar refractivity (Wildman–Crippen MR) is 114 cm³/mol. The number of aromatic nitrogens is 1. The van der Waals surface area contributed by atoms with Gasteiger partial charge in [0.1, 0.15) is 11.2 Å². The van der Waals surface area contributed by atoms with Gasteiger partial charge in [0.25, 0.3) is 0 Å². The van der Waals surface area contributed by atoms with E-state index in [-0.39, 0.29) is 5.91 Å². The maximum atomic E-state index is 13.0. The normalized spacial score (nSPS) is 23.1. The summed E-state index contributed by atoms with van der Waals surface area (Å²) in [5, 5.41) is 2.89. The highest BCUT2D eigenvalue weighted by atomic mass is 16.5. The molecule has 1 aromatic heterocycles. The van der Waals surface area contributed by atoms with Crippen molar-refractivity contribution in [3.63, 3.8) is 0 Å². The molecule has 2 aromatic rings. The molecule has 5 heteroatoms. The van der Waals surface area contributed by atoms with E-state index in [9.17, 15) is 4.79 Å². The molecular formula is C24H31N3O2. The van der Waals surface area contributed by atoms with Crippen LogP contribution in [0.2, 0.25) is 0 Å². The summed E-state index contributed by atoms with van der Waals surface area (Å²) >= 11 is 0. The van der Waals surface area contributed by atoms with Crippen LogP contribution < -0.4 is 10.1 Å². The second-order valence-electron chi connectivity index (χ2n) is 8.32. The molecule has 29 heavy (non-hydrogen) atoms. The van der Waals surface area contributed by atoms with Crippen LogP contribution in [0.3, 0.4) is 0 Å². The summed E-state index contributed by atoms with van der Waals surface area (Å²) in [7, 11) is 1.72. The van der Waals surface area contributed by atoms with Crippen LogP contribution in [0.5, 0.6) is 5.75 Å². The second-order valence-corrected chi connectivity index (χ2v) is 8.32. The molecule has 1 N–H and O–H groups in total. The summed E-state index contributed by atoms with van der Waals surface area (Å²) in [5.41, 5.74) is 1.46. The lowest BCUT2D eigenvalue weighted by Crippen LogP contribution is -2.54. The topological polar surface area (TPSA) is 54.5 Å². The van der Waals surface area contributed by atoms with Gasteiger partial charge in [-0.25, -0.2) is 0 Å². The number of benzene rings is 1. The lowest BCUT2D eigenvalue weighted by molar-refractivity contribution is -0.128. The quantitative estimate of drug-likeness (QED) is 0.813. The first-order valence-electron chi connectivity index (χ1n) is 10.8. The van der Waals surface area contributed by atoms with Crippen LogP contribution in [-0.2, 0) is 16.8 Å². The number of para-hydroxylation sites is 1. The highest BCUT2D eigenvalue weighted by molar-refractivity contribution is 5.88. The number of rotatable bonds is 6. The zero-order chi connectivity index (χ0) is 20.1. The first-order valence-corrected chi connectivity index (χ1v) is 10.8. The number of hydrogen-bond acceptors (Lipinski definition) is 4. The fraction of sp³-hybridized carbons (Fsp3) is 0.500. The van der Waals surface area contributed by atoms with Crippen LogP contribution in [-0.4, -0.2) is 42.0 Å². The molecule has 154 valence electrons. The van der Waals surface area contributed by atoms with Crippen molar-refractivity contribution in [2.45, 2.75) is 56.6 Å². The third-order valence-electron chi connectivity index (χ3n) is 6.35. The molecule has 1 saturated carbocycles. The number of hydrogen-bond donors (Lipinski definition) is 1. The van der Waals surface area contributed by atoms with E-state index in [2.05, 4.69) is 33.4 Å². The van der Waals surface area contributed by atoms with Gasteiger partial charge in [0.15, 0.2) is 0 Å². The zero-order valence-corrected chi connectivity index (χ0v) is 17.3. The Hall–Kier alpha value is -2.40. The Kier molecular flexibility index (Phi) is 6.14. The molecule has 4 rings (SSSR count). The summed E-state index contributed by atoms with van der Waals surface area (Å²) in [5.74, 6) is 1.05. The molecule has 2 fully saturated rings. The van der Waals surface area contributed by atoms with Gasteiger partial charge in [-0.3, -0.25) is 14.7 Å². The molecule has 0 radical (unpaired) electrons. The van der Waals surface area contributed by atoms with E-state index < -0.39 is 5.41 Å². The van der Waals surface area contributed by atoms with Crippen LogP contribution in [0.1, 0.15) is 49.8 Å². The van der Waals surface area contributed by atoms with Gasteiger partial charge in [0, 0.05) is 31.9 Å². The largest absolute Gasteiger partial charge is 0.490 e. The Morgan fingerprint density at radius 3 is 2.72 bits per heavy atom. The van der Waals surface area contributed by atoms with Gasteiger partial charge in [0.05, 0.1) is 11.8 Å². The number of pyridine rings is 1. The van der Waals surface area contributed by atoms with E-state index in [1.54, 1.807) is 13.2 Å². The summed E-state index contributed by atoms with van der Waals surface area (Å²) < 4.78 is 6.33. The Labute approximate surface area is 173 Å². The number of amides is 1. The molecule has 0 spiro atoms. The Morgan fingerprint density at radius 1 is 1.17 bits per heavy atom. The minimum absolute atomic E-state index is 0.0522. The maximum absolute atomic E-state index is 13.0. The molecule has 5 nitrogen and oxygen atoms in total. The smallest absolute Gasteiger partial charge is 0.233 e. The van der Waals surface area contributed by atoms with Crippen molar-refractivity contribution in [2.75, 3.05) is 20.1 Å². The predicted octanol–water partition coefficient (Wildman–Crippen LogP) is 3.68. The van der Waals surface area contributed by atoms with Crippen LogP contribution in [0.25, 0.3) is 0 Å². The van der Waals surface area contributed by atoms with E-state index in [4.69, 9.17) is 4.74 Å². The van der Waals surface area contributed by atoms with Crippen LogP contribution in [0, 0.1) is 0 Å². The third kappa shape index (κ3) is 4.30. The molecule has 1 atom stereocenters. The highest BCUT2D eigenvalue weighted by Crippen LogP contribution is 2.35. The number of likely N-dealkylation sites (N-methyl/N-ethyl adjacent to an activating group) is 1. The van der Waals surface area contributed by atoms with Crippen LogP contribution in [0.4, 0.5) is 0 Å². The van der Waals surface area contributed by atoms with Crippen LogP contribution >= 0.6 is 0 Å². The molecule has 1 aliphatic carbocycles. The monoisotopic (exact) mass is 393 g/mol. The van der Waals surface area contributed by atoms with Crippen molar-refractivity contribution in [1.82, 2.24) is 15.2 Å². The molecule has 1 aliphatic heterocycles. The summed E-state index contributed by atoms with van der Waals surface area (Å²) in [6, 6.07) is 14.2. The van der Waals surface area contributed by atoms with Crippen LogP contribution in [0.15, 0.2) is 48.7 Å².